The first kappa shape index (κ1) is 22.3. The molecule has 5 aromatic rings. The third kappa shape index (κ3) is 2.96. The summed E-state index contributed by atoms with van der Waals surface area (Å²) < 4.78 is 0. The Morgan fingerprint density at radius 1 is 0.474 bits per heavy atom. The van der Waals surface area contributed by atoms with Crippen molar-refractivity contribution in [2.24, 2.45) is 0 Å². The molecule has 0 amide bonds. The zero-order valence-electron chi connectivity index (χ0n) is 20.7. The molecule has 3 unspecified atom stereocenters. The van der Waals surface area contributed by atoms with Gasteiger partial charge < -0.3 is 0 Å². The summed E-state index contributed by atoms with van der Waals surface area (Å²) in [4.78, 5) is 0. The molecule has 0 bridgehead atoms. The van der Waals surface area contributed by atoms with Gasteiger partial charge in [0.25, 0.3) is 0 Å². The van der Waals surface area contributed by atoms with E-state index in [-0.39, 0.29) is 23.4 Å². The zero-order chi connectivity index (χ0) is 25.3. The minimum atomic E-state index is -0.374. The second-order valence-corrected chi connectivity index (χ2v) is 10.7. The van der Waals surface area contributed by atoms with Crippen molar-refractivity contribution in [2.45, 2.75) is 23.4 Å². The van der Waals surface area contributed by atoms with Gasteiger partial charge in [0.15, 0.2) is 0 Å². The molecule has 5 aromatic carbocycles. The third-order valence-corrected chi connectivity index (χ3v) is 8.71. The largest absolute Gasteiger partial charge is 0.279 e. The Morgan fingerprint density at radius 2 is 1.00 bits per heavy atom. The van der Waals surface area contributed by atoms with Crippen LogP contribution in [0.1, 0.15) is 45.7 Å². The molecule has 0 saturated carbocycles. The van der Waals surface area contributed by atoms with Gasteiger partial charge in [0.2, 0.25) is 0 Å². The topological polar surface area (TPSA) is 36.1 Å². The second-order valence-electron chi connectivity index (χ2n) is 10.3. The Hall–Kier alpha value is -3.73. The van der Waals surface area contributed by atoms with Crippen LogP contribution in [0.2, 0.25) is 0 Å². The number of halogens is 1. The van der Waals surface area contributed by atoms with E-state index in [9.17, 15) is 0 Å². The number of alkyl halides is 1. The van der Waals surface area contributed by atoms with Crippen molar-refractivity contribution in [1.82, 2.24) is 16.0 Å². The first-order valence-electron chi connectivity index (χ1n) is 13.2. The molecule has 3 nitrogen and oxygen atoms in total. The van der Waals surface area contributed by atoms with Crippen LogP contribution in [0.15, 0.2) is 121 Å². The standard InChI is InChI=1S/C34H26ClN3/c35-33-37-31(21-11-2-1-3-12-21)36-32(38-33)25-16-10-20-29-30(25)24-15-6-9-19-28(24)34(29)26-17-7-4-13-22(26)23-14-5-8-18-27(23)34/h1-20,31-33,36-38H. The number of hydrogen-bond donors (Lipinski definition) is 3. The van der Waals surface area contributed by atoms with Gasteiger partial charge in [-0.3, -0.25) is 16.0 Å². The van der Waals surface area contributed by atoms with Crippen LogP contribution in [-0.2, 0) is 5.41 Å². The summed E-state index contributed by atoms with van der Waals surface area (Å²) in [6, 6.07) is 44.0. The first-order valence-corrected chi connectivity index (χ1v) is 13.6. The molecule has 8 rings (SSSR count). The fourth-order valence-corrected chi connectivity index (χ4v) is 7.29. The van der Waals surface area contributed by atoms with Crippen LogP contribution < -0.4 is 16.0 Å². The van der Waals surface area contributed by atoms with E-state index >= 15 is 0 Å². The smallest absolute Gasteiger partial charge is 0.138 e. The summed E-state index contributed by atoms with van der Waals surface area (Å²) in [5.41, 5.74) is 12.2. The molecule has 38 heavy (non-hydrogen) atoms. The summed E-state index contributed by atoms with van der Waals surface area (Å²) in [5, 5.41) is 10.8. The van der Waals surface area contributed by atoms with E-state index in [1.807, 2.05) is 6.07 Å². The molecule has 1 aliphatic heterocycles. The molecule has 3 N–H and O–H groups in total. The molecule has 1 fully saturated rings. The highest BCUT2D eigenvalue weighted by molar-refractivity contribution is 6.20. The van der Waals surface area contributed by atoms with Crippen molar-refractivity contribution in [3.8, 4) is 22.3 Å². The molecule has 3 atom stereocenters. The van der Waals surface area contributed by atoms with Crippen molar-refractivity contribution in [1.29, 1.82) is 0 Å². The molecule has 1 heterocycles. The van der Waals surface area contributed by atoms with E-state index in [1.54, 1.807) is 0 Å². The van der Waals surface area contributed by atoms with Gasteiger partial charge in [-0.15, -0.1) is 0 Å². The Labute approximate surface area is 227 Å². The van der Waals surface area contributed by atoms with Crippen LogP contribution in [0.25, 0.3) is 22.3 Å². The molecule has 1 saturated heterocycles. The van der Waals surface area contributed by atoms with Crippen LogP contribution in [0.4, 0.5) is 0 Å². The first-order chi connectivity index (χ1) is 18.8. The van der Waals surface area contributed by atoms with E-state index in [4.69, 9.17) is 11.6 Å². The Balaban J connectivity index is 1.37. The second kappa shape index (κ2) is 8.39. The Kier molecular flexibility index (Phi) is 4.92. The van der Waals surface area contributed by atoms with Crippen LogP contribution in [0.5, 0.6) is 0 Å². The molecular formula is C34H26ClN3. The van der Waals surface area contributed by atoms with Gasteiger partial charge in [-0.1, -0.05) is 133 Å². The van der Waals surface area contributed by atoms with Gasteiger partial charge in [0, 0.05) is 0 Å². The van der Waals surface area contributed by atoms with Crippen molar-refractivity contribution in [3.05, 3.63) is 155 Å². The molecule has 184 valence electrons. The summed E-state index contributed by atoms with van der Waals surface area (Å²) in [7, 11) is 0. The van der Waals surface area contributed by atoms with Crippen LogP contribution >= 0.6 is 11.6 Å². The molecule has 2 aliphatic carbocycles. The number of rotatable bonds is 2. The average molecular weight is 512 g/mol. The lowest BCUT2D eigenvalue weighted by Gasteiger charge is -2.37. The molecule has 4 heteroatoms. The summed E-state index contributed by atoms with van der Waals surface area (Å²) in [6.07, 6.45) is -0.201. The lowest BCUT2D eigenvalue weighted by atomic mass is 9.70. The summed E-state index contributed by atoms with van der Waals surface area (Å²) in [5.74, 6) is 0. The van der Waals surface area contributed by atoms with Crippen LogP contribution in [0, 0.1) is 0 Å². The monoisotopic (exact) mass is 511 g/mol. The quantitative estimate of drug-likeness (QED) is 0.172. The highest BCUT2D eigenvalue weighted by Crippen LogP contribution is 2.63. The maximum absolute atomic E-state index is 6.75. The highest BCUT2D eigenvalue weighted by atomic mass is 35.5. The van der Waals surface area contributed by atoms with Crippen molar-refractivity contribution in [3.63, 3.8) is 0 Å². The van der Waals surface area contributed by atoms with Gasteiger partial charge >= 0.3 is 0 Å². The van der Waals surface area contributed by atoms with Gasteiger partial charge in [-0.25, -0.2) is 0 Å². The van der Waals surface area contributed by atoms with E-state index in [2.05, 4.69) is 131 Å². The fraction of sp³-hybridized carbons (Fsp3) is 0.118. The highest BCUT2D eigenvalue weighted by Gasteiger charge is 2.52. The summed E-state index contributed by atoms with van der Waals surface area (Å²) >= 11 is 6.75. The van der Waals surface area contributed by atoms with E-state index < -0.39 is 0 Å². The minimum absolute atomic E-state index is 0.0701. The fourth-order valence-electron chi connectivity index (χ4n) is 7.03. The van der Waals surface area contributed by atoms with Crippen molar-refractivity contribution in [2.75, 3.05) is 0 Å². The van der Waals surface area contributed by atoms with Crippen molar-refractivity contribution < 1.29 is 0 Å². The average Bonchev–Trinajstić information content (AvgIpc) is 3.45. The van der Waals surface area contributed by atoms with Crippen molar-refractivity contribution >= 4 is 11.6 Å². The SMILES string of the molecule is ClC1NC(c2ccccc2)NC(c2cccc3c2-c2ccccc2C32c3ccccc3-c3ccccc32)N1. The number of nitrogens with one attached hydrogen (secondary N) is 3. The third-order valence-electron chi connectivity index (χ3n) is 8.46. The van der Waals surface area contributed by atoms with Crippen LogP contribution in [0.3, 0.4) is 0 Å². The molecule has 0 radical (unpaired) electrons. The maximum Gasteiger partial charge on any atom is 0.138 e. The van der Waals surface area contributed by atoms with Gasteiger partial charge in [-0.2, -0.15) is 0 Å². The number of fused-ring (bicyclic) bond motifs is 10. The lowest BCUT2D eigenvalue weighted by Crippen LogP contribution is -2.56. The summed E-state index contributed by atoms with van der Waals surface area (Å²) in [6.45, 7) is 0. The Bertz CT molecular complexity index is 1650. The van der Waals surface area contributed by atoms with E-state index in [0.717, 1.165) is 5.56 Å². The number of benzene rings is 5. The molecule has 3 aliphatic rings. The van der Waals surface area contributed by atoms with Gasteiger partial charge in [-0.05, 0) is 55.6 Å². The molecule has 0 aromatic heterocycles. The molecular weight excluding hydrogens is 486 g/mol. The van der Waals surface area contributed by atoms with Gasteiger partial charge in [0.1, 0.15) is 5.62 Å². The molecule has 1 spiro atoms. The Morgan fingerprint density at radius 3 is 1.68 bits per heavy atom. The lowest BCUT2D eigenvalue weighted by molar-refractivity contribution is 0.247. The van der Waals surface area contributed by atoms with E-state index in [1.165, 1.54) is 50.1 Å². The normalized spacial score (nSPS) is 22.0. The van der Waals surface area contributed by atoms with E-state index in [0.29, 0.717) is 0 Å². The predicted octanol–water partition coefficient (Wildman–Crippen LogP) is 7.03. The van der Waals surface area contributed by atoms with Gasteiger partial charge in [0.05, 0.1) is 17.7 Å². The minimum Gasteiger partial charge on any atom is -0.279 e. The predicted molar refractivity (Wildman–Crippen MR) is 154 cm³/mol. The van der Waals surface area contributed by atoms with Crippen LogP contribution in [-0.4, -0.2) is 5.62 Å². The maximum atomic E-state index is 6.75. The zero-order valence-corrected chi connectivity index (χ0v) is 21.4. The number of hydrogen-bond acceptors (Lipinski definition) is 3.